The maximum absolute atomic E-state index is 13.8. The summed E-state index contributed by atoms with van der Waals surface area (Å²) < 4.78 is 159. The Bertz CT molecular complexity index is 6140. The van der Waals surface area contributed by atoms with Gasteiger partial charge in [0.1, 0.15) is 56.6 Å². The largest absolute Gasteiger partial charge is 0.490 e. The summed E-state index contributed by atoms with van der Waals surface area (Å²) in [6.07, 6.45) is 20.6. The molecule has 35 nitrogen and oxygen atoms in total. The number of nitrogens with two attached hydrogens (primary N) is 3. The maximum Gasteiger partial charge on any atom is 0.490 e. The highest BCUT2D eigenvalue weighted by molar-refractivity contribution is 7.86. The molecule has 0 aliphatic carbocycles. The van der Waals surface area contributed by atoms with Gasteiger partial charge >= 0.3 is 41.7 Å². The minimum atomic E-state index is -5.13. The van der Waals surface area contributed by atoms with Gasteiger partial charge < -0.3 is 68.8 Å². The summed E-state index contributed by atoms with van der Waals surface area (Å²) in [5, 5.41) is 0. The molecule has 8 aromatic rings. The Morgan fingerprint density at radius 2 is 0.829 bits per heavy atom. The van der Waals surface area contributed by atoms with Gasteiger partial charge in [0, 0.05) is 100 Å². The number of nitrogens with zero attached hydrogens (tertiary/aromatic N) is 20. The fraction of sp³-hybridized carbons (Fsp3) is 0.500. The van der Waals surface area contributed by atoms with E-state index in [1.165, 1.54) is 18.2 Å². The molecule has 17 heterocycles. The van der Waals surface area contributed by atoms with Crippen LogP contribution in [0.2, 0.25) is 0 Å². The number of benzene rings is 3. The number of aliphatic imine (C=N–C) groups is 4. The minimum Gasteiger partial charge on any atom is -0.376 e. The standard InChI is InChI=1S/C24H29FN6O4S.C22H27FN6O3S.C22H27FN6O2S.C14H12FN5O3S.4CH4/c1-15-22(26)24(14-34-15)6-9-30(10-7-24)20-13-27-21-18(29-20)12-28-23(21)31-8-2-3-16-11-17(4-5-19(16)31)35-36(25,32)33;1-22(14-24)6-9-28(10-7-22)19-13-25-20-17(27-19)12-26-21(20)29-8-2-3-15-11-16(4-5-18(15)29)32-33(23,30)31;1-22(14-24)7-10-28(11-8-22)19-13-25-20-16(27-19)12-26-21(20)29-9-3-4-15-17(29)5-2-6-18(15)32(23,30)31;15-24(21,22)23-12-8-17-13-10(19-12)7-18-14(13)20-6-2-3-9-11(20)4-1-5-16-9;;;;/h4-5,11,13,15,22H,2-3,6-10,12,14,26H2,1H3;4-5,11,13H,2-3,6-10,12,14,24H2,1H3;2,5-6,13H,3-4,7-12,14,24H2,1H3;1,4-5,8H,2-3,6-7H2;4*1H4/t15-,22+;;;;;;;/m0......./s1. The van der Waals surface area contributed by atoms with Crippen LogP contribution in [0.25, 0.3) is 0 Å². The smallest absolute Gasteiger partial charge is 0.376 e. The molecule has 0 saturated carbocycles. The van der Waals surface area contributed by atoms with Gasteiger partial charge in [-0.1, -0.05) is 61.3 Å². The number of fused-ring (bicyclic) bond motifs is 8. The quantitative estimate of drug-likeness (QED) is 0.0755. The van der Waals surface area contributed by atoms with Gasteiger partial charge in [-0.15, -0.1) is 3.89 Å². The molecular formula is C86H111F4N23O12S4. The van der Waals surface area contributed by atoms with E-state index < -0.39 is 47.6 Å². The van der Waals surface area contributed by atoms with E-state index in [1.54, 1.807) is 42.7 Å². The van der Waals surface area contributed by atoms with Crippen LogP contribution in [0.1, 0.15) is 183 Å². The third-order valence-electron chi connectivity index (χ3n) is 25.5. The number of piperidine rings is 3. The van der Waals surface area contributed by atoms with E-state index in [-0.39, 0.29) is 81.0 Å². The Morgan fingerprint density at radius 3 is 1.24 bits per heavy atom. The van der Waals surface area contributed by atoms with Gasteiger partial charge in [0.05, 0.1) is 97.8 Å². The predicted octanol–water partition coefficient (Wildman–Crippen LogP) is 10.6. The van der Waals surface area contributed by atoms with Crippen molar-refractivity contribution in [3.8, 4) is 17.4 Å². The third-order valence-corrected chi connectivity index (χ3v) is 27.6. The van der Waals surface area contributed by atoms with Crippen molar-refractivity contribution in [3.63, 3.8) is 0 Å². The zero-order valence-corrected chi connectivity index (χ0v) is 72.3. The molecule has 0 amide bonds. The van der Waals surface area contributed by atoms with Crippen molar-refractivity contribution in [1.29, 1.82) is 0 Å². The van der Waals surface area contributed by atoms with Gasteiger partial charge in [-0.2, -0.15) is 33.7 Å². The fourth-order valence-corrected chi connectivity index (χ4v) is 20.1. The lowest BCUT2D eigenvalue weighted by atomic mass is 9.73. The van der Waals surface area contributed by atoms with Crippen LogP contribution in [0.4, 0.5) is 55.7 Å². The first-order valence-electron chi connectivity index (χ1n) is 41.7. The number of anilines is 7. The van der Waals surface area contributed by atoms with Crippen molar-refractivity contribution in [2.45, 2.75) is 184 Å². The number of pyridine rings is 1. The molecule has 4 saturated heterocycles. The summed E-state index contributed by atoms with van der Waals surface area (Å²) in [4.78, 5) is 74.6. The number of hydrogen-bond acceptors (Lipinski definition) is 35. The van der Waals surface area contributed by atoms with Gasteiger partial charge in [-0.25, -0.2) is 39.9 Å². The molecule has 4 fully saturated rings. The number of amidine groups is 4. The highest BCUT2D eigenvalue weighted by atomic mass is 32.3. The van der Waals surface area contributed by atoms with Crippen LogP contribution in [-0.4, -0.2) is 199 Å². The third kappa shape index (κ3) is 20.5. The van der Waals surface area contributed by atoms with Crippen LogP contribution in [0, 0.1) is 16.2 Å². The molecule has 1 spiro atoms. The van der Waals surface area contributed by atoms with Gasteiger partial charge in [-0.05, 0) is 198 Å². The number of rotatable bonds is 12. The summed E-state index contributed by atoms with van der Waals surface area (Å²) in [6.45, 7) is 18.5. The summed E-state index contributed by atoms with van der Waals surface area (Å²) in [5.41, 5.74) is 31.1. The summed E-state index contributed by atoms with van der Waals surface area (Å²) >= 11 is 0. The summed E-state index contributed by atoms with van der Waals surface area (Å²) in [5.74, 6) is 4.92. The predicted molar refractivity (Wildman–Crippen MR) is 487 cm³/mol. The molecule has 3 aromatic carbocycles. The molecule has 129 heavy (non-hydrogen) atoms. The zero-order chi connectivity index (χ0) is 87.5. The first-order chi connectivity index (χ1) is 59.8. The molecule has 20 rings (SSSR count). The SMILES string of the molecule is C.C.C.C.CC1(CN)CCN(c2cnc3c(n2)CN=C3N2CCCc3c2cccc3S(=O)(=O)F)CC1.CC1(CN)CCN(c2cnc3c(n2)CN=C3N2CCCc3cc(OS(=O)(=O)F)ccc32)CC1.C[C@@H]1OCC2(CCN(c3cnc4c(n3)CN=C4N3CCCc4cc(OS(=O)(=O)F)ccc43)CC2)[C@@H]1N.O=S(=O)(F)Oc1cnc2c(n1)CN=C2N1CCCc2ncccc21. The normalized spacial score (nSPS) is 20.0. The molecule has 43 heteroatoms. The second-order valence-electron chi connectivity index (χ2n) is 33.7. The molecule has 0 unspecified atom stereocenters. The molecule has 12 aliphatic rings. The summed E-state index contributed by atoms with van der Waals surface area (Å²) in [6, 6.07) is 18.1. The second-order valence-corrected chi connectivity index (χ2v) is 37.9. The van der Waals surface area contributed by atoms with E-state index in [1.807, 2.05) is 40.4 Å². The molecule has 0 bridgehead atoms. The first-order valence-corrected chi connectivity index (χ1v) is 47.0. The number of aromatic nitrogens is 9. The van der Waals surface area contributed by atoms with E-state index in [0.29, 0.717) is 92.1 Å². The van der Waals surface area contributed by atoms with E-state index in [9.17, 15) is 49.2 Å². The van der Waals surface area contributed by atoms with E-state index in [2.05, 4.69) is 82.8 Å². The highest BCUT2D eigenvalue weighted by Gasteiger charge is 2.48. The minimum absolute atomic E-state index is 0. The average Bonchev–Trinajstić information content (AvgIpc) is 1.68. The number of ether oxygens (including phenoxy) is 1. The average molecular weight is 1860 g/mol. The lowest BCUT2D eigenvalue weighted by molar-refractivity contribution is 0.0974. The first kappa shape index (κ1) is 95.7. The molecule has 6 N–H and O–H groups in total. The molecule has 2 atom stereocenters. The number of aryl methyl sites for hydroxylation is 3. The molecule has 0 radical (unpaired) electrons. The van der Waals surface area contributed by atoms with Crippen LogP contribution in [-0.2, 0) is 98.3 Å². The lowest BCUT2D eigenvalue weighted by Gasteiger charge is -2.41. The van der Waals surface area contributed by atoms with E-state index >= 15 is 0 Å². The lowest BCUT2D eigenvalue weighted by Crippen LogP contribution is -2.50. The molecule has 5 aromatic heterocycles. The number of hydrogen-bond donors (Lipinski definition) is 3. The van der Waals surface area contributed by atoms with Gasteiger partial charge in [0.15, 0.2) is 23.3 Å². The Kier molecular flexibility index (Phi) is 28.4. The fourth-order valence-electron chi connectivity index (χ4n) is 18.4. The highest BCUT2D eigenvalue weighted by Crippen LogP contribution is 2.45. The molecule has 694 valence electrons. The second kappa shape index (κ2) is 38.3. The number of halogens is 4. The van der Waals surface area contributed by atoms with E-state index in [4.69, 9.17) is 61.8 Å². The van der Waals surface area contributed by atoms with Crippen molar-refractivity contribution in [3.05, 3.63) is 166 Å². The Balaban J connectivity index is 0.000000146. The Hall–Kier alpha value is -10.8. The van der Waals surface area contributed by atoms with Gasteiger partial charge in [-0.3, -0.25) is 25.0 Å². The van der Waals surface area contributed by atoms with Crippen molar-refractivity contribution in [1.82, 2.24) is 44.9 Å². The Morgan fingerprint density at radius 1 is 0.442 bits per heavy atom. The van der Waals surface area contributed by atoms with Crippen molar-refractivity contribution < 1.29 is 66.5 Å². The monoisotopic (exact) mass is 1860 g/mol. The summed E-state index contributed by atoms with van der Waals surface area (Å²) in [7, 11) is -20.0. The molecular weight excluding hydrogens is 1750 g/mol. The van der Waals surface area contributed by atoms with Crippen molar-refractivity contribution in [2.24, 2.45) is 53.4 Å². The maximum atomic E-state index is 13.8. The van der Waals surface area contributed by atoms with Crippen LogP contribution in [0.5, 0.6) is 17.4 Å². The topological polar surface area (TPSA) is 440 Å². The van der Waals surface area contributed by atoms with Crippen LogP contribution < -0.4 is 64.0 Å². The Labute approximate surface area is 751 Å². The van der Waals surface area contributed by atoms with Crippen LogP contribution in [0.3, 0.4) is 0 Å². The van der Waals surface area contributed by atoms with Gasteiger partial charge in [0.25, 0.3) is 5.88 Å². The van der Waals surface area contributed by atoms with Crippen molar-refractivity contribution >= 4 is 105 Å². The van der Waals surface area contributed by atoms with Crippen LogP contribution >= 0.6 is 0 Å². The zero-order valence-electron chi connectivity index (χ0n) is 69.0. The van der Waals surface area contributed by atoms with Crippen molar-refractivity contribution in [2.75, 3.05) is 119 Å². The molecule has 12 aliphatic heterocycles. The van der Waals surface area contributed by atoms with Gasteiger partial charge in [0.2, 0.25) is 0 Å². The van der Waals surface area contributed by atoms with E-state index in [0.717, 1.165) is 240 Å². The van der Waals surface area contributed by atoms with Crippen LogP contribution in [0.15, 0.2) is 123 Å².